The fraction of sp³-hybridized carbons (Fsp3) is 0. The van der Waals surface area contributed by atoms with E-state index in [2.05, 4.69) is 157 Å². The second-order valence-corrected chi connectivity index (χ2v) is 13.6. The average Bonchev–Trinajstić information content (AvgIpc) is 3.66. The fourth-order valence-corrected chi connectivity index (χ4v) is 7.52. The van der Waals surface area contributed by atoms with E-state index in [-0.39, 0.29) is 0 Å². The minimum atomic E-state index is 0.663. The van der Waals surface area contributed by atoms with Crippen molar-refractivity contribution in [2.24, 2.45) is 0 Å². The maximum atomic E-state index is 6.59. The van der Waals surface area contributed by atoms with Gasteiger partial charge in [-0.25, -0.2) is 9.97 Å². The molecule has 7 aromatic carbocycles. The number of hydrogen-bond acceptors (Lipinski definition) is 4. The SMILES string of the molecule is c1ccc(-c2nc(-c3cccc(-c4cccnc4)c3)cc(-c3cc(-c4ccccc4-c4ccccc4)cc(-c4cccc5c4oc4ccccc45)c3)n2)cc1. The molecular weight excluding hydrogens is 671 g/mol. The Bertz CT molecular complexity index is 2970. The normalized spacial score (nSPS) is 11.3. The van der Waals surface area contributed by atoms with Gasteiger partial charge < -0.3 is 4.42 Å². The monoisotopic (exact) mass is 703 g/mol. The zero-order chi connectivity index (χ0) is 36.6. The first-order valence-corrected chi connectivity index (χ1v) is 18.4. The van der Waals surface area contributed by atoms with E-state index in [9.17, 15) is 0 Å². The molecule has 0 fully saturated rings. The van der Waals surface area contributed by atoms with Gasteiger partial charge in [-0.15, -0.1) is 0 Å². The van der Waals surface area contributed by atoms with Crippen LogP contribution in [0.2, 0.25) is 0 Å². The Kier molecular flexibility index (Phi) is 8.12. The molecular formula is C51H33N3O. The van der Waals surface area contributed by atoms with Crippen LogP contribution < -0.4 is 0 Å². The first-order valence-electron chi connectivity index (χ1n) is 18.4. The van der Waals surface area contributed by atoms with Crippen LogP contribution in [-0.4, -0.2) is 15.0 Å². The molecule has 10 aromatic rings. The highest BCUT2D eigenvalue weighted by Crippen LogP contribution is 2.41. The van der Waals surface area contributed by atoms with Crippen LogP contribution in [0.25, 0.3) is 100 Å². The minimum Gasteiger partial charge on any atom is -0.455 e. The van der Waals surface area contributed by atoms with Crippen molar-refractivity contribution >= 4 is 21.9 Å². The predicted octanol–water partition coefficient (Wildman–Crippen LogP) is 13.4. The summed E-state index contributed by atoms with van der Waals surface area (Å²) in [6, 6.07) is 65.5. The number of rotatable bonds is 7. The highest BCUT2D eigenvalue weighted by atomic mass is 16.3. The van der Waals surface area contributed by atoms with Crippen LogP contribution in [0.5, 0.6) is 0 Å². The molecule has 0 radical (unpaired) electrons. The lowest BCUT2D eigenvalue weighted by molar-refractivity contribution is 0.670. The molecule has 0 aliphatic rings. The van der Waals surface area contributed by atoms with Gasteiger partial charge >= 0.3 is 0 Å². The first kappa shape index (κ1) is 32.2. The van der Waals surface area contributed by atoms with E-state index in [0.717, 1.165) is 94.5 Å². The van der Waals surface area contributed by atoms with Gasteiger partial charge in [0.2, 0.25) is 0 Å². The molecule has 0 saturated carbocycles. The van der Waals surface area contributed by atoms with Gasteiger partial charge in [0.05, 0.1) is 11.4 Å². The lowest BCUT2D eigenvalue weighted by Crippen LogP contribution is -1.97. The molecule has 4 heteroatoms. The van der Waals surface area contributed by atoms with Crippen molar-refractivity contribution < 1.29 is 4.42 Å². The molecule has 3 heterocycles. The number of benzene rings is 7. The number of nitrogens with zero attached hydrogens (tertiary/aromatic N) is 3. The summed E-state index contributed by atoms with van der Waals surface area (Å²) >= 11 is 0. The van der Waals surface area contributed by atoms with Gasteiger partial charge in [0.25, 0.3) is 0 Å². The second-order valence-electron chi connectivity index (χ2n) is 13.6. The molecule has 0 aliphatic heterocycles. The molecule has 10 rings (SSSR count). The van der Waals surface area contributed by atoms with Crippen molar-refractivity contribution in [1.82, 2.24) is 15.0 Å². The van der Waals surface area contributed by atoms with Gasteiger partial charge in [-0.05, 0) is 75.8 Å². The summed E-state index contributed by atoms with van der Waals surface area (Å²) < 4.78 is 6.59. The Morgan fingerprint density at radius 1 is 0.345 bits per heavy atom. The zero-order valence-corrected chi connectivity index (χ0v) is 29.8. The van der Waals surface area contributed by atoms with Crippen molar-refractivity contribution in [2.75, 3.05) is 0 Å². The number of hydrogen-bond donors (Lipinski definition) is 0. The minimum absolute atomic E-state index is 0.663. The maximum absolute atomic E-state index is 6.59. The third kappa shape index (κ3) is 6.16. The molecule has 55 heavy (non-hydrogen) atoms. The summed E-state index contributed by atoms with van der Waals surface area (Å²) in [5.41, 5.74) is 15.1. The average molecular weight is 704 g/mol. The molecule has 4 nitrogen and oxygen atoms in total. The van der Waals surface area contributed by atoms with Gasteiger partial charge in [-0.1, -0.05) is 146 Å². The number of aromatic nitrogens is 3. The maximum Gasteiger partial charge on any atom is 0.160 e. The molecule has 0 aliphatic carbocycles. The van der Waals surface area contributed by atoms with E-state index in [1.54, 1.807) is 6.20 Å². The number of furan rings is 1. The fourth-order valence-electron chi connectivity index (χ4n) is 7.52. The van der Waals surface area contributed by atoms with Gasteiger partial charge in [-0.3, -0.25) is 4.98 Å². The summed E-state index contributed by atoms with van der Waals surface area (Å²) in [6.07, 6.45) is 3.69. The standard InChI is InChI=1S/C51H33N3O/c1-3-14-34(15-4-1)42-21-7-8-22-43(42)39-29-40(44-24-12-25-46-45-23-9-10-26-49(45)55-50(44)46)31-41(30-39)48-32-47(53-51(54-48)35-16-5-2-6-17-35)37-19-11-18-36(28-37)38-20-13-27-52-33-38/h1-33H. The largest absolute Gasteiger partial charge is 0.455 e. The smallest absolute Gasteiger partial charge is 0.160 e. The van der Waals surface area contributed by atoms with Crippen molar-refractivity contribution in [1.29, 1.82) is 0 Å². The topological polar surface area (TPSA) is 51.8 Å². The Labute approximate surface area is 319 Å². The molecule has 0 amide bonds. The Hall–Kier alpha value is -7.43. The molecule has 3 aromatic heterocycles. The summed E-state index contributed by atoms with van der Waals surface area (Å²) in [5, 5.41) is 2.19. The third-order valence-electron chi connectivity index (χ3n) is 10.2. The van der Waals surface area contributed by atoms with Crippen molar-refractivity contribution in [3.05, 3.63) is 200 Å². The molecule has 258 valence electrons. The number of pyridine rings is 1. The lowest BCUT2D eigenvalue weighted by Gasteiger charge is -2.15. The molecule has 0 saturated heterocycles. The molecule has 0 unspecified atom stereocenters. The molecule has 0 atom stereocenters. The number of para-hydroxylation sites is 2. The van der Waals surface area contributed by atoms with E-state index in [4.69, 9.17) is 14.4 Å². The van der Waals surface area contributed by atoms with E-state index < -0.39 is 0 Å². The van der Waals surface area contributed by atoms with Crippen LogP contribution in [0.1, 0.15) is 0 Å². The predicted molar refractivity (Wildman–Crippen MR) is 225 cm³/mol. The van der Waals surface area contributed by atoms with E-state index in [1.807, 2.05) is 42.6 Å². The van der Waals surface area contributed by atoms with Crippen LogP contribution >= 0.6 is 0 Å². The Morgan fingerprint density at radius 2 is 0.891 bits per heavy atom. The third-order valence-corrected chi connectivity index (χ3v) is 10.2. The second kappa shape index (κ2) is 13.8. The van der Waals surface area contributed by atoms with Gasteiger partial charge in [0.1, 0.15) is 11.2 Å². The summed E-state index contributed by atoms with van der Waals surface area (Å²) in [6.45, 7) is 0. The van der Waals surface area contributed by atoms with Crippen LogP contribution in [0, 0.1) is 0 Å². The van der Waals surface area contributed by atoms with Gasteiger partial charge in [-0.2, -0.15) is 0 Å². The van der Waals surface area contributed by atoms with Crippen molar-refractivity contribution in [3.63, 3.8) is 0 Å². The van der Waals surface area contributed by atoms with Crippen LogP contribution in [-0.2, 0) is 0 Å². The van der Waals surface area contributed by atoms with Crippen LogP contribution in [0.15, 0.2) is 205 Å². The van der Waals surface area contributed by atoms with Crippen molar-refractivity contribution in [3.8, 4) is 78.4 Å². The Morgan fingerprint density at radius 3 is 1.67 bits per heavy atom. The summed E-state index contributed by atoms with van der Waals surface area (Å²) in [7, 11) is 0. The van der Waals surface area contributed by atoms with Gasteiger partial charge in [0, 0.05) is 51.0 Å². The highest BCUT2D eigenvalue weighted by molar-refractivity contribution is 6.10. The van der Waals surface area contributed by atoms with E-state index in [0.29, 0.717) is 5.82 Å². The zero-order valence-electron chi connectivity index (χ0n) is 29.8. The van der Waals surface area contributed by atoms with E-state index >= 15 is 0 Å². The summed E-state index contributed by atoms with van der Waals surface area (Å²) in [5.74, 6) is 0.663. The Balaban J connectivity index is 1.22. The molecule has 0 spiro atoms. The van der Waals surface area contributed by atoms with Gasteiger partial charge in [0.15, 0.2) is 5.82 Å². The number of fused-ring (bicyclic) bond motifs is 3. The first-order chi connectivity index (χ1) is 27.2. The summed E-state index contributed by atoms with van der Waals surface area (Å²) in [4.78, 5) is 14.8. The van der Waals surface area contributed by atoms with Crippen molar-refractivity contribution in [2.45, 2.75) is 0 Å². The van der Waals surface area contributed by atoms with Crippen LogP contribution in [0.3, 0.4) is 0 Å². The highest BCUT2D eigenvalue weighted by Gasteiger charge is 2.18. The van der Waals surface area contributed by atoms with Crippen LogP contribution in [0.4, 0.5) is 0 Å². The molecule has 0 bridgehead atoms. The molecule has 0 N–H and O–H groups in total. The quantitative estimate of drug-likeness (QED) is 0.166. The lowest BCUT2D eigenvalue weighted by atomic mass is 9.90. The van der Waals surface area contributed by atoms with E-state index in [1.165, 1.54) is 0 Å².